The van der Waals surface area contributed by atoms with Crippen LogP contribution in [-0.4, -0.2) is 48.7 Å². The number of methoxy groups -OCH3 is 1. The van der Waals surface area contributed by atoms with Crippen molar-refractivity contribution in [3.63, 3.8) is 0 Å². The Bertz CT molecular complexity index is 439. The number of carbonyl (C=O) groups is 1. The molecule has 6 heteroatoms. The summed E-state index contributed by atoms with van der Waals surface area (Å²) in [6, 6.07) is 7.21. The highest BCUT2D eigenvalue weighted by molar-refractivity contribution is 6.59. The second-order valence-corrected chi connectivity index (χ2v) is 5.02. The Kier molecular flexibility index (Phi) is 6.71. The van der Waals surface area contributed by atoms with Crippen LogP contribution in [0.4, 0.5) is 0 Å². The van der Waals surface area contributed by atoms with Crippen molar-refractivity contribution in [3.8, 4) is 0 Å². The van der Waals surface area contributed by atoms with Crippen LogP contribution < -0.4 is 5.46 Å². The molecule has 0 aliphatic heterocycles. The largest absolute Gasteiger partial charge is 0.488 e. The van der Waals surface area contributed by atoms with Crippen LogP contribution in [0.25, 0.3) is 0 Å². The number of benzene rings is 1. The first-order valence-electron chi connectivity index (χ1n) is 6.66. The molecule has 0 aliphatic carbocycles. The second-order valence-electron chi connectivity index (χ2n) is 5.02. The van der Waals surface area contributed by atoms with Crippen molar-refractivity contribution in [1.29, 1.82) is 0 Å². The van der Waals surface area contributed by atoms with Crippen LogP contribution in [0.1, 0.15) is 18.9 Å². The lowest BCUT2D eigenvalue weighted by atomic mass is 9.77. The van der Waals surface area contributed by atoms with Crippen LogP contribution in [-0.2, 0) is 16.1 Å². The molecule has 1 rings (SSSR count). The molecule has 0 saturated heterocycles. The average Bonchev–Trinajstić information content (AvgIpc) is 2.44. The molecule has 1 aromatic rings. The topological polar surface area (TPSA) is 70.0 Å². The third-order valence-corrected chi connectivity index (χ3v) is 3.32. The van der Waals surface area contributed by atoms with Gasteiger partial charge in [-0.1, -0.05) is 31.2 Å². The van der Waals surface area contributed by atoms with Gasteiger partial charge < -0.3 is 19.7 Å². The fourth-order valence-corrected chi connectivity index (χ4v) is 2.03. The van der Waals surface area contributed by atoms with E-state index in [-0.39, 0.29) is 11.9 Å². The number of hydrogen-bond acceptors (Lipinski definition) is 5. The zero-order valence-corrected chi connectivity index (χ0v) is 12.2. The molecule has 110 valence electrons. The maximum Gasteiger partial charge on any atom is 0.488 e. The predicted molar refractivity (Wildman–Crippen MR) is 78.4 cm³/mol. The Balaban J connectivity index is 2.54. The summed E-state index contributed by atoms with van der Waals surface area (Å²) < 4.78 is 4.69. The molecule has 0 bridgehead atoms. The average molecular weight is 279 g/mol. The zero-order valence-electron chi connectivity index (χ0n) is 12.2. The molecule has 0 heterocycles. The standard InChI is InChI=1S/C14H22BNO4/c1-11(14(17)20-3)8-9-16(2)10-12-6-4-5-7-13(12)15(18)19/h4-7,11,18-19H,8-10H2,1-3H3. The Morgan fingerprint density at radius 1 is 1.40 bits per heavy atom. The number of nitrogens with zero attached hydrogens (tertiary/aromatic N) is 1. The van der Waals surface area contributed by atoms with E-state index in [9.17, 15) is 14.8 Å². The summed E-state index contributed by atoms with van der Waals surface area (Å²) in [4.78, 5) is 13.4. The lowest BCUT2D eigenvalue weighted by molar-refractivity contribution is -0.145. The minimum Gasteiger partial charge on any atom is -0.469 e. The first kappa shape index (κ1) is 16.7. The normalized spacial score (nSPS) is 12.3. The summed E-state index contributed by atoms with van der Waals surface area (Å²) in [6.07, 6.45) is 0.701. The van der Waals surface area contributed by atoms with E-state index in [1.54, 1.807) is 12.1 Å². The maximum absolute atomic E-state index is 11.3. The summed E-state index contributed by atoms with van der Waals surface area (Å²) >= 11 is 0. The van der Waals surface area contributed by atoms with Crippen molar-refractivity contribution >= 4 is 18.6 Å². The van der Waals surface area contributed by atoms with E-state index >= 15 is 0 Å². The van der Waals surface area contributed by atoms with Crippen molar-refractivity contribution in [3.05, 3.63) is 29.8 Å². The smallest absolute Gasteiger partial charge is 0.469 e. The van der Waals surface area contributed by atoms with Gasteiger partial charge in [0.05, 0.1) is 13.0 Å². The lowest BCUT2D eigenvalue weighted by Gasteiger charge is -2.20. The molecule has 20 heavy (non-hydrogen) atoms. The summed E-state index contributed by atoms with van der Waals surface area (Å²) in [5, 5.41) is 18.6. The summed E-state index contributed by atoms with van der Waals surface area (Å²) in [5.74, 6) is -0.342. The van der Waals surface area contributed by atoms with Crippen molar-refractivity contribution in [2.75, 3.05) is 20.7 Å². The number of ether oxygens (including phenoxy) is 1. The number of esters is 1. The zero-order chi connectivity index (χ0) is 15.1. The van der Waals surface area contributed by atoms with Gasteiger partial charge in [-0.2, -0.15) is 0 Å². The number of rotatable bonds is 7. The third-order valence-electron chi connectivity index (χ3n) is 3.32. The summed E-state index contributed by atoms with van der Waals surface area (Å²) in [5.41, 5.74) is 1.39. The molecule has 0 saturated carbocycles. The molecule has 0 aromatic heterocycles. The predicted octanol–water partition coefficient (Wildman–Crippen LogP) is -0.00260. The summed E-state index contributed by atoms with van der Waals surface area (Å²) in [7, 11) is 1.86. The van der Waals surface area contributed by atoms with Crippen LogP contribution in [0.2, 0.25) is 0 Å². The Labute approximate surface area is 120 Å². The van der Waals surface area contributed by atoms with E-state index in [2.05, 4.69) is 4.74 Å². The van der Waals surface area contributed by atoms with E-state index in [1.165, 1.54) is 7.11 Å². The number of hydrogen-bond donors (Lipinski definition) is 2. The van der Waals surface area contributed by atoms with E-state index in [0.29, 0.717) is 18.4 Å². The third kappa shape index (κ3) is 4.96. The van der Waals surface area contributed by atoms with Crippen LogP contribution in [0.3, 0.4) is 0 Å². The molecule has 2 N–H and O–H groups in total. The van der Waals surface area contributed by atoms with Gasteiger partial charge in [0.25, 0.3) is 0 Å². The van der Waals surface area contributed by atoms with Gasteiger partial charge in [0.15, 0.2) is 0 Å². The molecular formula is C14H22BNO4. The van der Waals surface area contributed by atoms with Gasteiger partial charge >= 0.3 is 13.1 Å². The monoisotopic (exact) mass is 279 g/mol. The van der Waals surface area contributed by atoms with Crippen LogP contribution in [0, 0.1) is 5.92 Å². The van der Waals surface area contributed by atoms with Gasteiger partial charge in [0, 0.05) is 6.54 Å². The van der Waals surface area contributed by atoms with Gasteiger partial charge in [-0.15, -0.1) is 0 Å². The highest BCUT2D eigenvalue weighted by Crippen LogP contribution is 2.07. The first-order chi connectivity index (χ1) is 9.45. The SMILES string of the molecule is COC(=O)C(C)CCN(C)Cc1ccccc1B(O)O. The Morgan fingerprint density at radius 2 is 2.05 bits per heavy atom. The molecule has 0 spiro atoms. The Morgan fingerprint density at radius 3 is 2.65 bits per heavy atom. The summed E-state index contributed by atoms with van der Waals surface area (Å²) in [6.45, 7) is 3.17. The molecule has 0 aliphatic rings. The van der Waals surface area contributed by atoms with E-state index < -0.39 is 7.12 Å². The second kappa shape index (κ2) is 8.04. The lowest BCUT2D eigenvalue weighted by Crippen LogP contribution is -2.35. The van der Waals surface area contributed by atoms with E-state index in [4.69, 9.17) is 0 Å². The van der Waals surface area contributed by atoms with E-state index in [0.717, 1.165) is 12.1 Å². The fraction of sp³-hybridized carbons (Fsp3) is 0.500. The molecule has 0 fully saturated rings. The van der Waals surface area contributed by atoms with Gasteiger partial charge in [0.2, 0.25) is 0 Å². The molecule has 0 radical (unpaired) electrons. The van der Waals surface area contributed by atoms with Crippen LogP contribution in [0.15, 0.2) is 24.3 Å². The molecule has 5 nitrogen and oxygen atoms in total. The molecule has 0 amide bonds. The maximum atomic E-state index is 11.3. The van der Waals surface area contributed by atoms with Gasteiger partial charge in [0.1, 0.15) is 0 Å². The minimum atomic E-state index is -1.46. The molecular weight excluding hydrogens is 257 g/mol. The van der Waals surface area contributed by atoms with Gasteiger partial charge in [-0.05, 0) is 31.0 Å². The highest BCUT2D eigenvalue weighted by atomic mass is 16.5. The van der Waals surface area contributed by atoms with Crippen molar-refractivity contribution in [2.24, 2.45) is 5.92 Å². The van der Waals surface area contributed by atoms with Crippen molar-refractivity contribution in [2.45, 2.75) is 19.9 Å². The number of carbonyl (C=O) groups excluding carboxylic acids is 1. The molecule has 1 aromatic carbocycles. The molecule has 1 unspecified atom stereocenters. The van der Waals surface area contributed by atoms with Crippen molar-refractivity contribution < 1.29 is 19.6 Å². The van der Waals surface area contributed by atoms with Crippen molar-refractivity contribution in [1.82, 2.24) is 4.90 Å². The minimum absolute atomic E-state index is 0.138. The van der Waals surface area contributed by atoms with Gasteiger partial charge in [-0.25, -0.2) is 0 Å². The van der Waals surface area contributed by atoms with Gasteiger partial charge in [-0.3, -0.25) is 4.79 Å². The molecule has 1 atom stereocenters. The van der Waals surface area contributed by atoms with Crippen LogP contribution in [0.5, 0.6) is 0 Å². The quantitative estimate of drug-likeness (QED) is 0.543. The van der Waals surface area contributed by atoms with E-state index in [1.807, 2.05) is 31.0 Å². The highest BCUT2D eigenvalue weighted by Gasteiger charge is 2.17. The Hall–Kier alpha value is -1.37. The van der Waals surface area contributed by atoms with Crippen LogP contribution >= 0.6 is 0 Å². The first-order valence-corrected chi connectivity index (χ1v) is 6.66. The fourth-order valence-electron chi connectivity index (χ4n) is 2.03.